The molecule has 5 heteroatoms. The van der Waals surface area contributed by atoms with E-state index in [1.807, 2.05) is 12.1 Å². The summed E-state index contributed by atoms with van der Waals surface area (Å²) in [6, 6.07) is 10.4. The van der Waals surface area contributed by atoms with Crippen LogP contribution in [-0.4, -0.2) is 11.1 Å². The minimum atomic E-state index is -0.325. The lowest BCUT2D eigenvalue weighted by Gasteiger charge is -2.16. The summed E-state index contributed by atoms with van der Waals surface area (Å²) >= 11 is 1.78. The van der Waals surface area contributed by atoms with E-state index >= 15 is 0 Å². The first-order valence-electron chi connectivity index (χ1n) is 6.99. The zero-order valence-electron chi connectivity index (χ0n) is 12.3. The largest absolute Gasteiger partial charge is 0.419 e. The number of benzene rings is 1. The third kappa shape index (κ3) is 2.54. The molecule has 0 aliphatic rings. The van der Waals surface area contributed by atoms with Gasteiger partial charge in [-0.05, 0) is 43.3 Å². The molecule has 2 aromatic heterocycles. The maximum absolute atomic E-state index is 11.6. The minimum Gasteiger partial charge on any atom is -0.408 e. The molecule has 0 bridgehead atoms. The average Bonchev–Trinajstić information content (AvgIpc) is 3.01. The Labute approximate surface area is 127 Å². The number of fused-ring (bicyclic) bond motifs is 1. The summed E-state index contributed by atoms with van der Waals surface area (Å²) < 4.78 is 6.82. The highest BCUT2D eigenvalue weighted by atomic mass is 32.1. The van der Waals surface area contributed by atoms with E-state index in [9.17, 15) is 4.79 Å². The van der Waals surface area contributed by atoms with E-state index in [0.717, 1.165) is 17.6 Å². The molecular formula is C16H18N2O2S. The standard InChI is InChI=1S/C16H18N2O2S/c1-4-17-15(14-8-5-10(2)21-14)11-6-7-12-13(9-11)20-16(19)18(12)3/h5-9,15,17H,4H2,1-3H3. The van der Waals surface area contributed by atoms with Gasteiger partial charge in [0.05, 0.1) is 11.6 Å². The number of aryl methyl sites for hydroxylation is 2. The number of nitrogens with one attached hydrogen (secondary N) is 1. The van der Waals surface area contributed by atoms with Gasteiger partial charge in [0.2, 0.25) is 0 Å². The zero-order chi connectivity index (χ0) is 15.0. The number of oxazole rings is 1. The van der Waals surface area contributed by atoms with Crippen molar-refractivity contribution in [2.45, 2.75) is 19.9 Å². The van der Waals surface area contributed by atoms with Gasteiger partial charge in [0.15, 0.2) is 5.58 Å². The maximum atomic E-state index is 11.6. The number of rotatable bonds is 4. The number of hydrogen-bond acceptors (Lipinski definition) is 4. The van der Waals surface area contributed by atoms with Crippen LogP contribution >= 0.6 is 11.3 Å². The smallest absolute Gasteiger partial charge is 0.408 e. The molecule has 1 aromatic carbocycles. The fourth-order valence-electron chi connectivity index (χ4n) is 2.53. The lowest BCUT2D eigenvalue weighted by Crippen LogP contribution is -2.21. The van der Waals surface area contributed by atoms with Gasteiger partial charge < -0.3 is 9.73 Å². The van der Waals surface area contributed by atoms with Gasteiger partial charge in [-0.15, -0.1) is 11.3 Å². The second-order valence-corrected chi connectivity index (χ2v) is 6.41. The van der Waals surface area contributed by atoms with Crippen LogP contribution in [0.4, 0.5) is 0 Å². The van der Waals surface area contributed by atoms with Crippen molar-refractivity contribution >= 4 is 22.4 Å². The van der Waals surface area contributed by atoms with Crippen LogP contribution in [0, 0.1) is 6.92 Å². The fourth-order valence-corrected chi connectivity index (χ4v) is 3.51. The highest BCUT2D eigenvalue weighted by Crippen LogP contribution is 2.29. The van der Waals surface area contributed by atoms with Gasteiger partial charge in [0, 0.05) is 16.8 Å². The molecule has 1 atom stereocenters. The molecule has 4 nitrogen and oxygen atoms in total. The van der Waals surface area contributed by atoms with Gasteiger partial charge in [-0.3, -0.25) is 4.57 Å². The second-order valence-electron chi connectivity index (χ2n) is 5.09. The molecule has 3 aromatic rings. The summed E-state index contributed by atoms with van der Waals surface area (Å²) in [6.07, 6.45) is 0. The Morgan fingerprint density at radius 2 is 2.14 bits per heavy atom. The van der Waals surface area contributed by atoms with Crippen molar-refractivity contribution in [2.24, 2.45) is 7.05 Å². The van der Waals surface area contributed by atoms with Crippen LogP contribution in [0.1, 0.15) is 28.3 Å². The Hall–Kier alpha value is -1.85. The maximum Gasteiger partial charge on any atom is 0.419 e. The SMILES string of the molecule is CCNC(c1ccc2c(c1)oc(=O)n2C)c1ccc(C)s1. The van der Waals surface area contributed by atoms with Crippen LogP contribution in [0.25, 0.3) is 11.1 Å². The lowest BCUT2D eigenvalue weighted by molar-refractivity contribution is 0.527. The highest BCUT2D eigenvalue weighted by Gasteiger charge is 2.17. The molecule has 0 saturated heterocycles. The van der Waals surface area contributed by atoms with Crippen LogP contribution in [0.3, 0.4) is 0 Å². The van der Waals surface area contributed by atoms with Crippen LogP contribution < -0.4 is 11.1 Å². The van der Waals surface area contributed by atoms with Crippen molar-refractivity contribution in [3.63, 3.8) is 0 Å². The molecule has 2 heterocycles. The quantitative estimate of drug-likeness (QED) is 0.805. The molecule has 0 aliphatic heterocycles. The minimum absolute atomic E-state index is 0.128. The number of thiophene rings is 1. The first-order chi connectivity index (χ1) is 10.1. The summed E-state index contributed by atoms with van der Waals surface area (Å²) in [5.74, 6) is -0.325. The Kier molecular flexibility index (Phi) is 3.69. The third-order valence-corrected chi connectivity index (χ3v) is 4.67. The Morgan fingerprint density at radius 1 is 1.33 bits per heavy atom. The molecule has 0 radical (unpaired) electrons. The van der Waals surface area contributed by atoms with Crippen molar-refractivity contribution in [1.82, 2.24) is 9.88 Å². The van der Waals surface area contributed by atoms with Gasteiger partial charge in [-0.2, -0.15) is 0 Å². The molecule has 0 aliphatic carbocycles. The van der Waals surface area contributed by atoms with Crippen molar-refractivity contribution < 1.29 is 4.42 Å². The molecule has 0 amide bonds. The summed E-state index contributed by atoms with van der Waals surface area (Å²) in [5, 5.41) is 3.50. The topological polar surface area (TPSA) is 47.2 Å². The van der Waals surface area contributed by atoms with E-state index < -0.39 is 0 Å². The van der Waals surface area contributed by atoms with Crippen LogP contribution in [0.15, 0.2) is 39.5 Å². The monoisotopic (exact) mass is 302 g/mol. The summed E-state index contributed by atoms with van der Waals surface area (Å²) in [5.41, 5.74) is 2.57. The Morgan fingerprint density at radius 3 is 2.81 bits per heavy atom. The van der Waals surface area contributed by atoms with Crippen LogP contribution in [0.5, 0.6) is 0 Å². The summed E-state index contributed by atoms with van der Waals surface area (Å²) in [6.45, 7) is 5.07. The van der Waals surface area contributed by atoms with Gasteiger partial charge >= 0.3 is 5.76 Å². The molecule has 0 spiro atoms. The molecule has 0 fully saturated rings. The molecule has 3 rings (SSSR count). The molecular weight excluding hydrogens is 284 g/mol. The van der Waals surface area contributed by atoms with E-state index in [0.29, 0.717) is 5.58 Å². The van der Waals surface area contributed by atoms with E-state index in [4.69, 9.17) is 4.42 Å². The number of nitrogens with zero attached hydrogens (tertiary/aromatic N) is 1. The van der Waals surface area contributed by atoms with E-state index in [2.05, 4.69) is 37.4 Å². The Bertz CT molecular complexity index is 828. The number of aromatic nitrogens is 1. The highest BCUT2D eigenvalue weighted by molar-refractivity contribution is 7.12. The van der Waals surface area contributed by atoms with E-state index in [-0.39, 0.29) is 11.8 Å². The second kappa shape index (κ2) is 5.50. The fraction of sp³-hybridized carbons (Fsp3) is 0.312. The molecule has 1 N–H and O–H groups in total. The first kappa shape index (κ1) is 14.1. The van der Waals surface area contributed by atoms with Crippen molar-refractivity contribution in [3.05, 3.63) is 56.2 Å². The molecule has 110 valence electrons. The lowest BCUT2D eigenvalue weighted by atomic mass is 10.0. The van der Waals surface area contributed by atoms with Crippen molar-refractivity contribution in [3.8, 4) is 0 Å². The molecule has 1 unspecified atom stereocenters. The van der Waals surface area contributed by atoms with Crippen LogP contribution in [0.2, 0.25) is 0 Å². The predicted octanol–water partition coefficient (Wildman–Crippen LogP) is 3.20. The zero-order valence-corrected chi connectivity index (χ0v) is 13.2. The molecule has 0 saturated carbocycles. The van der Waals surface area contributed by atoms with E-state index in [1.54, 1.807) is 18.4 Å². The average molecular weight is 302 g/mol. The normalized spacial score (nSPS) is 12.9. The van der Waals surface area contributed by atoms with Gasteiger partial charge in [-0.1, -0.05) is 13.0 Å². The summed E-state index contributed by atoms with van der Waals surface area (Å²) in [4.78, 5) is 14.2. The predicted molar refractivity (Wildman–Crippen MR) is 86.0 cm³/mol. The first-order valence-corrected chi connectivity index (χ1v) is 7.81. The third-order valence-electron chi connectivity index (χ3n) is 3.60. The van der Waals surface area contributed by atoms with Gasteiger partial charge in [0.1, 0.15) is 0 Å². The van der Waals surface area contributed by atoms with Crippen LogP contribution in [-0.2, 0) is 7.05 Å². The Balaban J connectivity index is 2.09. The summed E-state index contributed by atoms with van der Waals surface area (Å²) in [7, 11) is 1.72. The van der Waals surface area contributed by atoms with Gasteiger partial charge in [0.25, 0.3) is 0 Å². The number of hydrogen-bond donors (Lipinski definition) is 1. The van der Waals surface area contributed by atoms with E-state index in [1.165, 1.54) is 14.3 Å². The van der Waals surface area contributed by atoms with Gasteiger partial charge in [-0.25, -0.2) is 4.79 Å². The van der Waals surface area contributed by atoms with Crippen molar-refractivity contribution in [2.75, 3.05) is 6.54 Å². The van der Waals surface area contributed by atoms with Crippen molar-refractivity contribution in [1.29, 1.82) is 0 Å². The molecule has 21 heavy (non-hydrogen) atoms.